The van der Waals surface area contributed by atoms with Gasteiger partial charge in [0, 0.05) is 12.8 Å². The number of hydrogen-bond acceptors (Lipinski definition) is 17. The number of aliphatic hydroxyl groups is 8. The standard InChI is InChI=1S/C50H91O18P/c1-3-5-7-9-11-13-15-17-18-19-21-22-24-26-28-30-32-39(52)63-35-37(65-40(53)33-31-29-27-25-23-20-16-14-12-10-8-6-4-2)36-64-69(61,62)68-49-46(59)44(57)43(56)45(58)48(49)67-50-47(60)42(55)41(54)38(34-51)66-50/h13,15,18-19,37-38,41-51,54-60H,3-12,14,16-17,20-36H2,1-2H3,(H,61,62)/b15-13-,19-18-/t37-,38?,41-,42?,43-,44?,45?,46?,47-,48-,49-,50-/m1/s1. The van der Waals surface area contributed by atoms with Crippen LogP contribution in [-0.4, -0.2) is 151 Å². The van der Waals surface area contributed by atoms with E-state index in [0.29, 0.717) is 12.8 Å². The number of ether oxygens (including phenoxy) is 4. The molecule has 2 aliphatic rings. The van der Waals surface area contributed by atoms with Gasteiger partial charge in [-0.15, -0.1) is 0 Å². The highest BCUT2D eigenvalue weighted by molar-refractivity contribution is 7.47. The Kier molecular flexibility index (Phi) is 34.7. The molecule has 1 saturated heterocycles. The molecule has 1 aliphatic carbocycles. The van der Waals surface area contributed by atoms with Crippen molar-refractivity contribution in [2.75, 3.05) is 19.8 Å². The number of unbranched alkanes of at least 4 members (excludes halogenated alkanes) is 21. The molecule has 404 valence electrons. The fourth-order valence-corrected chi connectivity index (χ4v) is 9.29. The minimum absolute atomic E-state index is 0.0326. The zero-order valence-electron chi connectivity index (χ0n) is 41.6. The van der Waals surface area contributed by atoms with E-state index in [-0.39, 0.29) is 12.8 Å². The highest BCUT2D eigenvalue weighted by Gasteiger charge is 2.55. The predicted molar refractivity (Wildman–Crippen MR) is 258 cm³/mol. The lowest BCUT2D eigenvalue weighted by molar-refractivity contribution is -0.338. The summed E-state index contributed by atoms with van der Waals surface area (Å²) in [5, 5.41) is 83.0. The van der Waals surface area contributed by atoms with Crippen LogP contribution in [0.2, 0.25) is 0 Å². The lowest BCUT2D eigenvalue weighted by Gasteiger charge is -2.47. The van der Waals surface area contributed by atoms with E-state index < -0.39 is 113 Å². The third-order valence-corrected chi connectivity index (χ3v) is 13.6. The lowest BCUT2D eigenvalue weighted by atomic mass is 9.84. The van der Waals surface area contributed by atoms with Crippen molar-refractivity contribution in [3.63, 3.8) is 0 Å². The van der Waals surface area contributed by atoms with E-state index in [1.807, 2.05) is 0 Å². The summed E-state index contributed by atoms with van der Waals surface area (Å²) in [6, 6.07) is 0. The first-order chi connectivity index (χ1) is 33.2. The molecule has 0 amide bonds. The van der Waals surface area contributed by atoms with Crippen molar-refractivity contribution in [3.05, 3.63) is 24.3 Å². The van der Waals surface area contributed by atoms with Gasteiger partial charge >= 0.3 is 19.8 Å². The number of phosphoric acid groups is 1. The van der Waals surface area contributed by atoms with Crippen molar-refractivity contribution in [1.82, 2.24) is 0 Å². The summed E-state index contributed by atoms with van der Waals surface area (Å²) >= 11 is 0. The number of rotatable bonds is 40. The Hall–Kier alpha value is -1.87. The van der Waals surface area contributed by atoms with E-state index in [2.05, 4.69) is 38.2 Å². The predicted octanol–water partition coefficient (Wildman–Crippen LogP) is 6.27. The van der Waals surface area contributed by atoms with Crippen LogP contribution in [0.15, 0.2) is 24.3 Å². The molecule has 0 aromatic heterocycles. The second kappa shape index (κ2) is 37.8. The molecule has 0 spiro atoms. The molecule has 0 bridgehead atoms. The maximum Gasteiger partial charge on any atom is 0.472 e. The topological polar surface area (TPSA) is 289 Å². The molecule has 9 N–H and O–H groups in total. The van der Waals surface area contributed by atoms with Gasteiger partial charge in [0.2, 0.25) is 0 Å². The van der Waals surface area contributed by atoms with E-state index in [0.717, 1.165) is 70.6 Å². The van der Waals surface area contributed by atoms with Crippen molar-refractivity contribution < 1.29 is 87.9 Å². The van der Waals surface area contributed by atoms with Crippen LogP contribution < -0.4 is 0 Å². The lowest BCUT2D eigenvalue weighted by Crippen LogP contribution is -2.67. The fourth-order valence-electron chi connectivity index (χ4n) is 8.32. The number of phosphoric ester groups is 1. The number of esters is 2. The SMILES string of the molecule is CCCCCC/C=C\C/C=C\CCCCCCCC(=O)OC[C@H](COP(=O)(O)O[C@@H]1C(O)C(O)[C@@H](O)C(O)[C@H]1O[C@H]1OC(CO)[C@@H](O)C(O)[C@H]1O)OC(=O)CCCCCCCCCCCCCCC. The Morgan fingerprint density at radius 2 is 1.00 bits per heavy atom. The van der Waals surface area contributed by atoms with Gasteiger partial charge in [-0.05, 0) is 44.9 Å². The first-order valence-corrected chi connectivity index (χ1v) is 27.7. The molecule has 0 radical (unpaired) electrons. The second-order valence-electron chi connectivity index (χ2n) is 18.7. The normalized spacial score (nSPS) is 27.7. The van der Waals surface area contributed by atoms with Gasteiger partial charge in [-0.2, -0.15) is 0 Å². The Morgan fingerprint density at radius 1 is 0.551 bits per heavy atom. The summed E-state index contributed by atoms with van der Waals surface area (Å²) in [7, 11) is -5.38. The van der Waals surface area contributed by atoms with Crippen molar-refractivity contribution in [3.8, 4) is 0 Å². The highest BCUT2D eigenvalue weighted by atomic mass is 31.2. The number of carbonyl (C=O) groups excluding carboxylic acids is 2. The summed E-state index contributed by atoms with van der Waals surface area (Å²) in [6.45, 7) is 2.20. The summed E-state index contributed by atoms with van der Waals surface area (Å²) in [4.78, 5) is 36.6. The third kappa shape index (κ3) is 26.6. The van der Waals surface area contributed by atoms with Gasteiger partial charge in [0.15, 0.2) is 12.4 Å². The van der Waals surface area contributed by atoms with Gasteiger partial charge in [0.05, 0.1) is 13.2 Å². The zero-order valence-corrected chi connectivity index (χ0v) is 42.5. The molecular weight excluding hydrogens is 920 g/mol. The van der Waals surface area contributed by atoms with Crippen LogP contribution in [-0.2, 0) is 42.1 Å². The van der Waals surface area contributed by atoms with Crippen molar-refractivity contribution >= 4 is 19.8 Å². The second-order valence-corrected chi connectivity index (χ2v) is 20.1. The van der Waals surface area contributed by atoms with Crippen LogP contribution in [0, 0.1) is 0 Å². The Morgan fingerprint density at radius 3 is 1.52 bits per heavy atom. The minimum Gasteiger partial charge on any atom is -0.462 e. The summed E-state index contributed by atoms with van der Waals surface area (Å²) in [6.07, 6.45) is 12.5. The molecule has 2 rings (SSSR count). The van der Waals surface area contributed by atoms with Gasteiger partial charge in [-0.1, -0.05) is 154 Å². The molecule has 0 aromatic carbocycles. The first-order valence-electron chi connectivity index (χ1n) is 26.2. The molecule has 13 atom stereocenters. The largest absolute Gasteiger partial charge is 0.472 e. The maximum absolute atomic E-state index is 13.4. The molecule has 18 nitrogen and oxygen atoms in total. The van der Waals surface area contributed by atoms with Crippen molar-refractivity contribution in [1.29, 1.82) is 0 Å². The van der Waals surface area contributed by atoms with E-state index in [4.69, 9.17) is 28.0 Å². The van der Waals surface area contributed by atoms with Gasteiger partial charge in [0.25, 0.3) is 0 Å². The molecule has 1 aliphatic heterocycles. The maximum atomic E-state index is 13.4. The Labute approximate surface area is 411 Å². The number of allylic oxidation sites excluding steroid dienone is 4. The van der Waals surface area contributed by atoms with Crippen LogP contribution in [0.3, 0.4) is 0 Å². The van der Waals surface area contributed by atoms with Gasteiger partial charge in [0.1, 0.15) is 67.6 Å². The average molecular weight is 1010 g/mol. The molecule has 0 aromatic rings. The van der Waals surface area contributed by atoms with Crippen LogP contribution in [0.5, 0.6) is 0 Å². The van der Waals surface area contributed by atoms with Gasteiger partial charge < -0.3 is 64.7 Å². The average Bonchev–Trinajstić information content (AvgIpc) is 3.33. The van der Waals surface area contributed by atoms with E-state index >= 15 is 0 Å². The highest BCUT2D eigenvalue weighted by Crippen LogP contribution is 2.48. The minimum atomic E-state index is -5.38. The molecular formula is C50H91O18P. The van der Waals surface area contributed by atoms with E-state index in [1.165, 1.54) is 77.0 Å². The van der Waals surface area contributed by atoms with Crippen LogP contribution in [0.1, 0.15) is 187 Å². The van der Waals surface area contributed by atoms with Crippen LogP contribution in [0.25, 0.3) is 0 Å². The van der Waals surface area contributed by atoms with E-state index in [1.54, 1.807) is 0 Å². The molecule has 1 saturated carbocycles. The monoisotopic (exact) mass is 1010 g/mol. The number of carbonyl (C=O) groups is 2. The van der Waals surface area contributed by atoms with Gasteiger partial charge in [-0.3, -0.25) is 18.6 Å². The first kappa shape index (κ1) is 63.2. The summed E-state index contributed by atoms with van der Waals surface area (Å²) in [5.41, 5.74) is 0. The van der Waals surface area contributed by atoms with E-state index in [9.17, 15) is 59.9 Å². The molecule has 19 heteroatoms. The molecule has 6 unspecified atom stereocenters. The third-order valence-electron chi connectivity index (χ3n) is 12.7. The number of aliphatic hydroxyl groups excluding tert-OH is 8. The quantitative estimate of drug-likeness (QED) is 0.0141. The van der Waals surface area contributed by atoms with Crippen molar-refractivity contribution in [2.24, 2.45) is 0 Å². The van der Waals surface area contributed by atoms with Gasteiger partial charge in [-0.25, -0.2) is 4.57 Å². The number of hydrogen-bond donors (Lipinski definition) is 9. The zero-order chi connectivity index (χ0) is 50.9. The smallest absolute Gasteiger partial charge is 0.462 e. The van der Waals surface area contributed by atoms with Crippen molar-refractivity contribution in [2.45, 2.75) is 261 Å². The Bertz CT molecular complexity index is 1430. The molecule has 2 fully saturated rings. The summed E-state index contributed by atoms with van der Waals surface area (Å²) in [5.74, 6) is -1.23. The molecule has 1 heterocycles. The molecule has 69 heavy (non-hydrogen) atoms. The Balaban J connectivity index is 1.94. The van der Waals surface area contributed by atoms with Crippen LogP contribution >= 0.6 is 7.82 Å². The fraction of sp³-hybridized carbons (Fsp3) is 0.880. The van der Waals surface area contributed by atoms with Crippen LogP contribution in [0.4, 0.5) is 0 Å². The summed E-state index contributed by atoms with van der Waals surface area (Å²) < 4.78 is 45.5.